The first-order valence-corrected chi connectivity index (χ1v) is 10.7. The normalized spacial score (nSPS) is 14.6. The minimum Gasteiger partial charge on any atom is -0.496 e. The molecule has 1 amide bonds. The lowest BCUT2D eigenvalue weighted by Gasteiger charge is -2.19. The van der Waals surface area contributed by atoms with Crippen LogP contribution in [0, 0.1) is 0 Å². The van der Waals surface area contributed by atoms with Crippen molar-refractivity contribution < 1.29 is 9.53 Å². The Labute approximate surface area is 175 Å². The van der Waals surface area contributed by atoms with Gasteiger partial charge >= 0.3 is 0 Å². The van der Waals surface area contributed by atoms with Crippen LogP contribution in [0.4, 0.5) is 5.69 Å². The molecule has 3 rings (SSSR count). The van der Waals surface area contributed by atoms with E-state index in [-0.39, 0.29) is 5.91 Å². The summed E-state index contributed by atoms with van der Waals surface area (Å²) in [5.74, 6) is 1.62. The summed E-state index contributed by atoms with van der Waals surface area (Å²) in [4.78, 5) is 12.7. The fraction of sp³-hybridized carbons (Fsp3) is 0.423. The molecule has 0 aromatic heterocycles. The van der Waals surface area contributed by atoms with E-state index in [0.717, 1.165) is 41.0 Å². The van der Waals surface area contributed by atoms with Crippen LogP contribution >= 0.6 is 0 Å². The molecule has 0 spiro atoms. The van der Waals surface area contributed by atoms with E-state index in [9.17, 15) is 4.79 Å². The number of hydrogen-bond acceptors (Lipinski definition) is 2. The molecule has 2 aromatic carbocycles. The number of anilines is 1. The third-order valence-electron chi connectivity index (χ3n) is 5.61. The van der Waals surface area contributed by atoms with Crippen LogP contribution in [0.1, 0.15) is 87.1 Å². The second-order valence-electron chi connectivity index (χ2n) is 8.54. The molecule has 0 atom stereocenters. The number of fused-ring (bicyclic) bond motifs is 1. The van der Waals surface area contributed by atoms with Gasteiger partial charge in [-0.1, -0.05) is 47.1 Å². The molecule has 3 heteroatoms. The lowest BCUT2D eigenvalue weighted by Crippen LogP contribution is -2.04. The van der Waals surface area contributed by atoms with E-state index in [2.05, 4.69) is 64.2 Å². The summed E-state index contributed by atoms with van der Waals surface area (Å²) in [6.45, 7) is 10.9. The number of nitrogens with one attached hydrogen (secondary N) is 1. The van der Waals surface area contributed by atoms with Gasteiger partial charge in [0.25, 0.3) is 5.91 Å². The van der Waals surface area contributed by atoms with Gasteiger partial charge in [0.1, 0.15) is 5.75 Å². The second-order valence-corrected chi connectivity index (χ2v) is 8.54. The van der Waals surface area contributed by atoms with Crippen LogP contribution in [-0.2, 0) is 11.2 Å². The Morgan fingerprint density at radius 1 is 1.03 bits per heavy atom. The number of carbonyl (C=O) groups excluding carboxylic acids is 1. The predicted octanol–water partition coefficient (Wildman–Crippen LogP) is 6.78. The van der Waals surface area contributed by atoms with E-state index in [0.29, 0.717) is 11.8 Å². The highest BCUT2D eigenvalue weighted by molar-refractivity contribution is 6.35. The van der Waals surface area contributed by atoms with E-state index < -0.39 is 0 Å². The first kappa shape index (κ1) is 21.2. The molecule has 0 saturated heterocycles. The summed E-state index contributed by atoms with van der Waals surface area (Å²) >= 11 is 0. The zero-order valence-corrected chi connectivity index (χ0v) is 18.6. The number of ether oxygens (including phenoxy) is 1. The molecule has 1 heterocycles. The summed E-state index contributed by atoms with van der Waals surface area (Å²) in [6.07, 6.45) is 5.40. The average molecular weight is 392 g/mol. The zero-order chi connectivity index (χ0) is 21.1. The number of unbranched alkanes of at least 4 members (excludes halogenated alkanes) is 1. The SMILES string of the molecule is CCCCc1ccc2c(c1)/C(=C/c1cc(C(C)C)c(OC)c(C(C)C)c1)C(=O)N2. The molecule has 0 radical (unpaired) electrons. The Morgan fingerprint density at radius 3 is 2.24 bits per heavy atom. The van der Waals surface area contributed by atoms with Gasteiger partial charge < -0.3 is 10.1 Å². The van der Waals surface area contributed by atoms with Gasteiger partial charge in [-0.2, -0.15) is 0 Å². The van der Waals surface area contributed by atoms with Crippen LogP contribution in [0.5, 0.6) is 5.75 Å². The van der Waals surface area contributed by atoms with Gasteiger partial charge in [0, 0.05) is 16.8 Å². The van der Waals surface area contributed by atoms with Crippen LogP contribution in [0.25, 0.3) is 11.6 Å². The van der Waals surface area contributed by atoms with E-state index in [1.165, 1.54) is 23.1 Å². The van der Waals surface area contributed by atoms with Crippen molar-refractivity contribution in [2.75, 3.05) is 12.4 Å². The second kappa shape index (κ2) is 8.86. The summed E-state index contributed by atoms with van der Waals surface area (Å²) in [6, 6.07) is 10.7. The van der Waals surface area contributed by atoms with Crippen molar-refractivity contribution in [3.63, 3.8) is 0 Å². The van der Waals surface area contributed by atoms with Gasteiger partial charge in [-0.25, -0.2) is 0 Å². The van der Waals surface area contributed by atoms with Crippen molar-refractivity contribution >= 4 is 23.2 Å². The molecular weight excluding hydrogens is 358 g/mol. The molecule has 0 fully saturated rings. The standard InChI is InChI=1S/C26H33NO2/c1-7-8-9-18-10-11-24-22(12-18)23(26(28)27-24)15-19-13-20(16(2)3)25(29-6)21(14-19)17(4)5/h10-17H,7-9H2,1-6H3,(H,27,28)/b23-15-. The molecule has 1 aliphatic heterocycles. The molecule has 1 aliphatic rings. The predicted molar refractivity (Wildman–Crippen MR) is 123 cm³/mol. The van der Waals surface area contributed by atoms with Gasteiger partial charge in [-0.3, -0.25) is 4.79 Å². The van der Waals surface area contributed by atoms with Crippen molar-refractivity contribution in [2.24, 2.45) is 0 Å². The maximum Gasteiger partial charge on any atom is 0.256 e. The Hall–Kier alpha value is -2.55. The zero-order valence-electron chi connectivity index (χ0n) is 18.6. The van der Waals surface area contributed by atoms with Crippen molar-refractivity contribution in [3.05, 3.63) is 58.1 Å². The van der Waals surface area contributed by atoms with Crippen LogP contribution in [-0.4, -0.2) is 13.0 Å². The maximum absolute atomic E-state index is 12.7. The number of methoxy groups -OCH3 is 1. The van der Waals surface area contributed by atoms with Crippen LogP contribution in [0.2, 0.25) is 0 Å². The minimum absolute atomic E-state index is 0.0272. The molecular formula is C26H33NO2. The van der Waals surface area contributed by atoms with Gasteiger partial charge in [-0.15, -0.1) is 0 Å². The maximum atomic E-state index is 12.7. The lowest BCUT2D eigenvalue weighted by molar-refractivity contribution is -0.110. The Kier molecular flexibility index (Phi) is 6.46. The number of aryl methyl sites for hydroxylation is 1. The third-order valence-corrected chi connectivity index (χ3v) is 5.61. The largest absolute Gasteiger partial charge is 0.496 e. The molecule has 1 N–H and O–H groups in total. The van der Waals surface area contributed by atoms with Gasteiger partial charge in [0.15, 0.2) is 0 Å². The Morgan fingerprint density at radius 2 is 1.69 bits per heavy atom. The topological polar surface area (TPSA) is 38.3 Å². The highest BCUT2D eigenvalue weighted by atomic mass is 16.5. The third kappa shape index (κ3) is 4.39. The van der Waals surface area contributed by atoms with E-state index in [1.807, 2.05) is 12.1 Å². The molecule has 0 aliphatic carbocycles. The fourth-order valence-corrected chi connectivity index (χ4v) is 3.96. The monoisotopic (exact) mass is 391 g/mol. The molecule has 0 saturated carbocycles. The van der Waals surface area contributed by atoms with Crippen molar-refractivity contribution in [1.82, 2.24) is 0 Å². The van der Waals surface area contributed by atoms with Gasteiger partial charge in [-0.05, 0) is 77.3 Å². The quantitative estimate of drug-likeness (QED) is 0.528. The fourth-order valence-electron chi connectivity index (χ4n) is 3.96. The van der Waals surface area contributed by atoms with Crippen LogP contribution in [0.15, 0.2) is 30.3 Å². The molecule has 0 bridgehead atoms. The van der Waals surface area contributed by atoms with Crippen LogP contribution < -0.4 is 10.1 Å². The van der Waals surface area contributed by atoms with E-state index >= 15 is 0 Å². The lowest BCUT2D eigenvalue weighted by atomic mass is 9.90. The Balaban J connectivity index is 2.10. The van der Waals surface area contributed by atoms with Crippen molar-refractivity contribution in [2.45, 2.75) is 65.7 Å². The van der Waals surface area contributed by atoms with Gasteiger partial charge in [0.05, 0.1) is 7.11 Å². The van der Waals surface area contributed by atoms with Gasteiger partial charge in [0.2, 0.25) is 0 Å². The van der Waals surface area contributed by atoms with Crippen LogP contribution in [0.3, 0.4) is 0 Å². The average Bonchev–Trinajstić information content (AvgIpc) is 3.00. The summed E-state index contributed by atoms with van der Waals surface area (Å²) in [5, 5.41) is 3.02. The molecule has 0 unspecified atom stereocenters. The Bertz CT molecular complexity index is 909. The first-order valence-electron chi connectivity index (χ1n) is 10.7. The summed E-state index contributed by atoms with van der Waals surface area (Å²) in [5.41, 5.74) is 7.36. The molecule has 29 heavy (non-hydrogen) atoms. The highest BCUT2D eigenvalue weighted by Gasteiger charge is 2.25. The highest BCUT2D eigenvalue weighted by Crippen LogP contribution is 2.38. The minimum atomic E-state index is -0.0272. The number of hydrogen-bond donors (Lipinski definition) is 1. The van der Waals surface area contributed by atoms with Crippen molar-refractivity contribution in [3.8, 4) is 5.75 Å². The molecule has 3 nitrogen and oxygen atoms in total. The first-order chi connectivity index (χ1) is 13.8. The smallest absolute Gasteiger partial charge is 0.256 e. The summed E-state index contributed by atoms with van der Waals surface area (Å²) < 4.78 is 5.75. The molecule has 154 valence electrons. The molecule has 2 aromatic rings. The number of benzene rings is 2. The number of amides is 1. The summed E-state index contributed by atoms with van der Waals surface area (Å²) in [7, 11) is 1.74. The number of rotatable bonds is 7. The van der Waals surface area contributed by atoms with E-state index in [4.69, 9.17) is 4.74 Å². The number of carbonyl (C=O) groups is 1. The van der Waals surface area contributed by atoms with Crippen molar-refractivity contribution in [1.29, 1.82) is 0 Å². The van der Waals surface area contributed by atoms with E-state index in [1.54, 1.807) is 7.11 Å².